The van der Waals surface area contributed by atoms with E-state index in [2.05, 4.69) is 9.97 Å². The molecule has 0 aliphatic carbocycles. The largest absolute Gasteiger partial charge is 0.457 e. The predicted molar refractivity (Wildman–Crippen MR) is 110 cm³/mol. The second-order valence-electron chi connectivity index (χ2n) is 6.57. The molecule has 0 saturated heterocycles. The lowest BCUT2D eigenvalue weighted by molar-refractivity contribution is -0.118. The molecule has 1 aromatic heterocycles. The summed E-state index contributed by atoms with van der Waals surface area (Å²) in [5.74, 6) is -0.0334. The third kappa shape index (κ3) is 4.69. The second kappa shape index (κ2) is 8.56. The van der Waals surface area contributed by atoms with Gasteiger partial charge >= 0.3 is 0 Å². The summed E-state index contributed by atoms with van der Waals surface area (Å²) in [6.07, 6.45) is 0. The van der Waals surface area contributed by atoms with Gasteiger partial charge in [0, 0.05) is 18.7 Å². The molecule has 30 heavy (non-hydrogen) atoms. The van der Waals surface area contributed by atoms with Gasteiger partial charge < -0.3 is 21.1 Å². The summed E-state index contributed by atoms with van der Waals surface area (Å²) in [6.45, 7) is 1.62. The molecular weight excluding hydrogens is 389 g/mol. The highest BCUT2D eigenvalue weighted by Crippen LogP contribution is 2.26. The topological polar surface area (TPSA) is 124 Å². The summed E-state index contributed by atoms with van der Waals surface area (Å²) in [4.78, 5) is 33.4. The Hall–Kier alpha value is -4.01. The molecule has 9 heteroatoms. The maximum atomic E-state index is 13.0. The van der Waals surface area contributed by atoms with Crippen LogP contribution >= 0.6 is 0 Å². The van der Waals surface area contributed by atoms with Gasteiger partial charge in [-0.05, 0) is 55.5 Å². The molecule has 154 valence electrons. The van der Waals surface area contributed by atoms with Crippen LogP contribution in [-0.2, 0) is 4.79 Å². The molecule has 3 rings (SSSR count). The number of aromatic nitrogens is 2. The van der Waals surface area contributed by atoms with E-state index in [1.807, 2.05) is 0 Å². The quantitative estimate of drug-likeness (QED) is 0.618. The summed E-state index contributed by atoms with van der Waals surface area (Å²) < 4.78 is 18.7. The number of hydrogen-bond donors (Lipinski definition) is 2. The number of rotatable bonds is 7. The monoisotopic (exact) mass is 409 g/mol. The SMILES string of the molecule is CC(C(N)=O)N(C)c1cc(C(N)=O)nc(-c2ccc(Oc3ccc(F)cc3)cc2)n1. The van der Waals surface area contributed by atoms with Crippen molar-refractivity contribution in [3.8, 4) is 22.9 Å². The highest BCUT2D eigenvalue weighted by Gasteiger charge is 2.19. The van der Waals surface area contributed by atoms with Crippen molar-refractivity contribution in [3.05, 3.63) is 66.1 Å². The van der Waals surface area contributed by atoms with Gasteiger partial charge in [0.15, 0.2) is 5.82 Å². The van der Waals surface area contributed by atoms with E-state index < -0.39 is 17.9 Å². The Morgan fingerprint density at radius 3 is 2.10 bits per heavy atom. The molecular formula is C21H20FN5O3. The fourth-order valence-electron chi connectivity index (χ4n) is 2.57. The number of anilines is 1. The lowest BCUT2D eigenvalue weighted by Gasteiger charge is -2.24. The highest BCUT2D eigenvalue weighted by molar-refractivity contribution is 5.92. The molecule has 1 unspecified atom stereocenters. The maximum Gasteiger partial charge on any atom is 0.267 e. The van der Waals surface area contributed by atoms with Crippen LogP contribution in [0.1, 0.15) is 17.4 Å². The number of carbonyl (C=O) groups is 2. The molecule has 0 aliphatic rings. The number of likely N-dealkylation sites (N-methyl/N-ethyl adjacent to an activating group) is 1. The molecule has 0 aliphatic heterocycles. The van der Waals surface area contributed by atoms with E-state index in [9.17, 15) is 14.0 Å². The van der Waals surface area contributed by atoms with Crippen LogP contribution in [0.25, 0.3) is 11.4 Å². The van der Waals surface area contributed by atoms with Crippen molar-refractivity contribution in [2.45, 2.75) is 13.0 Å². The first-order valence-corrected chi connectivity index (χ1v) is 8.99. The minimum absolute atomic E-state index is 0.00478. The zero-order chi connectivity index (χ0) is 21.8. The summed E-state index contributed by atoms with van der Waals surface area (Å²) in [7, 11) is 1.63. The van der Waals surface area contributed by atoms with Crippen LogP contribution in [0.2, 0.25) is 0 Å². The van der Waals surface area contributed by atoms with Gasteiger partial charge in [-0.25, -0.2) is 14.4 Å². The Morgan fingerprint density at radius 1 is 1.00 bits per heavy atom. The summed E-state index contributed by atoms with van der Waals surface area (Å²) in [5, 5.41) is 0. The Bertz CT molecular complexity index is 1070. The Kier molecular flexibility index (Phi) is 5.91. The second-order valence-corrected chi connectivity index (χ2v) is 6.57. The molecule has 1 atom stereocenters. The van der Waals surface area contributed by atoms with E-state index in [-0.39, 0.29) is 17.3 Å². The van der Waals surface area contributed by atoms with E-state index in [4.69, 9.17) is 16.2 Å². The van der Waals surface area contributed by atoms with Crippen LogP contribution in [0, 0.1) is 5.82 Å². The predicted octanol–water partition coefficient (Wildman–Crippen LogP) is 2.48. The number of primary amides is 2. The number of amides is 2. The van der Waals surface area contributed by atoms with E-state index in [1.54, 1.807) is 38.2 Å². The smallest absolute Gasteiger partial charge is 0.267 e. The van der Waals surface area contributed by atoms with Crippen molar-refractivity contribution < 1.29 is 18.7 Å². The zero-order valence-electron chi connectivity index (χ0n) is 16.4. The van der Waals surface area contributed by atoms with Crippen LogP contribution < -0.4 is 21.1 Å². The van der Waals surface area contributed by atoms with Gasteiger partial charge in [0.25, 0.3) is 5.91 Å². The van der Waals surface area contributed by atoms with Crippen LogP contribution in [0.3, 0.4) is 0 Å². The fourth-order valence-corrected chi connectivity index (χ4v) is 2.57. The Balaban J connectivity index is 1.91. The van der Waals surface area contributed by atoms with Crippen molar-refractivity contribution in [1.29, 1.82) is 0 Å². The molecule has 1 heterocycles. The number of ether oxygens (including phenoxy) is 1. The van der Waals surface area contributed by atoms with Crippen LogP contribution in [0.15, 0.2) is 54.6 Å². The standard InChI is InChI=1S/C21H20FN5O3/c1-12(19(23)28)27(2)18-11-17(20(24)29)25-21(26-18)13-3-7-15(8-4-13)30-16-9-5-14(22)6-10-16/h3-12H,1-2H3,(H2,23,28)(H2,24,29). The van der Waals surface area contributed by atoms with Gasteiger partial charge in [-0.2, -0.15) is 0 Å². The molecule has 2 aromatic carbocycles. The van der Waals surface area contributed by atoms with Gasteiger partial charge in [-0.15, -0.1) is 0 Å². The first kappa shape index (κ1) is 20.7. The van der Waals surface area contributed by atoms with Crippen LogP contribution in [0.4, 0.5) is 10.2 Å². The maximum absolute atomic E-state index is 13.0. The van der Waals surface area contributed by atoms with Crippen molar-refractivity contribution in [2.24, 2.45) is 11.5 Å². The Labute approximate surface area is 172 Å². The molecule has 0 fully saturated rings. The van der Waals surface area contributed by atoms with Gasteiger partial charge in [0.05, 0.1) is 0 Å². The van der Waals surface area contributed by atoms with Gasteiger partial charge in [-0.1, -0.05) is 0 Å². The first-order valence-electron chi connectivity index (χ1n) is 8.99. The molecule has 0 spiro atoms. The number of nitrogens with two attached hydrogens (primary N) is 2. The summed E-state index contributed by atoms with van der Waals surface area (Å²) in [6, 6.07) is 13.2. The van der Waals surface area contributed by atoms with Crippen LogP contribution in [-0.4, -0.2) is 34.9 Å². The van der Waals surface area contributed by atoms with Crippen molar-refractivity contribution >= 4 is 17.6 Å². The third-order valence-electron chi connectivity index (χ3n) is 4.48. The lowest BCUT2D eigenvalue weighted by Crippen LogP contribution is -2.41. The molecule has 3 aromatic rings. The van der Waals surface area contributed by atoms with Crippen molar-refractivity contribution in [3.63, 3.8) is 0 Å². The molecule has 0 saturated carbocycles. The fraction of sp³-hybridized carbons (Fsp3) is 0.143. The first-order chi connectivity index (χ1) is 14.2. The van der Waals surface area contributed by atoms with Crippen molar-refractivity contribution in [1.82, 2.24) is 9.97 Å². The number of benzene rings is 2. The normalized spacial score (nSPS) is 11.6. The summed E-state index contributed by atoms with van der Waals surface area (Å²) >= 11 is 0. The number of hydrogen-bond acceptors (Lipinski definition) is 6. The zero-order valence-corrected chi connectivity index (χ0v) is 16.4. The minimum atomic E-state index is -0.726. The molecule has 0 bridgehead atoms. The van der Waals surface area contributed by atoms with Gasteiger partial charge in [0.2, 0.25) is 5.91 Å². The van der Waals surface area contributed by atoms with E-state index in [0.29, 0.717) is 22.9 Å². The average molecular weight is 409 g/mol. The van der Waals surface area contributed by atoms with E-state index >= 15 is 0 Å². The van der Waals surface area contributed by atoms with Gasteiger partial charge in [0.1, 0.15) is 34.9 Å². The number of nitrogens with zero attached hydrogens (tertiary/aromatic N) is 3. The van der Waals surface area contributed by atoms with E-state index in [0.717, 1.165) is 0 Å². The summed E-state index contributed by atoms with van der Waals surface area (Å²) in [5.41, 5.74) is 11.4. The third-order valence-corrected chi connectivity index (χ3v) is 4.48. The highest BCUT2D eigenvalue weighted by atomic mass is 19.1. The molecule has 2 amide bonds. The van der Waals surface area contributed by atoms with Gasteiger partial charge in [-0.3, -0.25) is 9.59 Å². The number of halogens is 1. The van der Waals surface area contributed by atoms with Crippen molar-refractivity contribution in [2.75, 3.05) is 11.9 Å². The number of carbonyl (C=O) groups excluding carboxylic acids is 2. The minimum Gasteiger partial charge on any atom is -0.457 e. The van der Waals surface area contributed by atoms with Crippen LogP contribution in [0.5, 0.6) is 11.5 Å². The molecule has 8 nitrogen and oxygen atoms in total. The molecule has 0 radical (unpaired) electrons. The van der Waals surface area contributed by atoms with E-state index in [1.165, 1.54) is 35.2 Å². The lowest BCUT2D eigenvalue weighted by atomic mass is 10.2. The molecule has 4 N–H and O–H groups in total. The Morgan fingerprint density at radius 2 is 1.57 bits per heavy atom. The average Bonchev–Trinajstić information content (AvgIpc) is 2.74.